The Morgan fingerprint density at radius 1 is 1.30 bits per heavy atom. The Morgan fingerprint density at radius 3 is 2.50 bits per heavy atom. The minimum Gasteiger partial charge on any atom is -0.290 e. The number of Topliss-reactive ketones (excluding diaryl/α,β-unsaturated/α-hetero) is 1. The first-order valence-electron chi connectivity index (χ1n) is 6.62. The van der Waals surface area contributed by atoms with Crippen LogP contribution >= 0.6 is 15.9 Å². The summed E-state index contributed by atoms with van der Waals surface area (Å²) in [4.78, 5) is 20.4. The summed E-state index contributed by atoms with van der Waals surface area (Å²) in [5, 5.41) is 4.48. The van der Waals surface area contributed by atoms with Crippen molar-refractivity contribution in [3.63, 3.8) is 0 Å². The molecule has 0 aliphatic rings. The van der Waals surface area contributed by atoms with Gasteiger partial charge in [-0.15, -0.1) is 0 Å². The summed E-state index contributed by atoms with van der Waals surface area (Å²) < 4.78 is 2.77. The molecule has 0 saturated heterocycles. The standard InChI is InChI=1S/C14H17BrN4O/c1-4-10-13(15)11(19(5-2)18-10)6-12(20)14-16-7-9(3)8-17-14/h7-8H,4-6H2,1-3H3. The summed E-state index contributed by atoms with van der Waals surface area (Å²) >= 11 is 3.54. The molecule has 2 aromatic rings. The lowest BCUT2D eigenvalue weighted by molar-refractivity contribution is 0.0980. The van der Waals surface area contributed by atoms with E-state index in [-0.39, 0.29) is 18.0 Å². The quantitative estimate of drug-likeness (QED) is 0.787. The van der Waals surface area contributed by atoms with Gasteiger partial charge in [0.15, 0.2) is 5.82 Å². The Bertz CT molecular complexity index is 619. The van der Waals surface area contributed by atoms with Crippen molar-refractivity contribution in [1.29, 1.82) is 0 Å². The summed E-state index contributed by atoms with van der Waals surface area (Å²) in [6.45, 7) is 6.68. The fourth-order valence-corrected chi connectivity index (χ4v) is 2.66. The predicted octanol–water partition coefficient (Wildman–Crippen LogP) is 2.75. The van der Waals surface area contributed by atoms with Crippen LogP contribution < -0.4 is 0 Å². The smallest absolute Gasteiger partial charge is 0.205 e. The molecule has 5 nitrogen and oxygen atoms in total. The molecule has 0 saturated carbocycles. The SMILES string of the molecule is CCc1nn(CC)c(CC(=O)c2ncc(C)cn2)c1Br. The van der Waals surface area contributed by atoms with Gasteiger partial charge < -0.3 is 0 Å². The number of hydrogen-bond donors (Lipinski definition) is 0. The predicted molar refractivity (Wildman–Crippen MR) is 79.8 cm³/mol. The highest BCUT2D eigenvalue weighted by molar-refractivity contribution is 9.10. The Kier molecular flexibility index (Phi) is 4.65. The van der Waals surface area contributed by atoms with Crippen molar-refractivity contribution in [1.82, 2.24) is 19.7 Å². The first kappa shape index (κ1) is 14.8. The van der Waals surface area contributed by atoms with Crippen molar-refractivity contribution in [3.8, 4) is 0 Å². The van der Waals surface area contributed by atoms with Crippen LogP contribution in [0.15, 0.2) is 16.9 Å². The molecular formula is C14H17BrN4O. The third-order valence-electron chi connectivity index (χ3n) is 3.05. The normalized spacial score (nSPS) is 10.8. The van der Waals surface area contributed by atoms with Gasteiger partial charge in [0.25, 0.3) is 0 Å². The fraction of sp³-hybridized carbons (Fsp3) is 0.429. The third kappa shape index (κ3) is 2.95. The molecule has 0 amide bonds. The van der Waals surface area contributed by atoms with Crippen molar-refractivity contribution >= 4 is 21.7 Å². The highest BCUT2D eigenvalue weighted by atomic mass is 79.9. The second kappa shape index (κ2) is 6.26. The second-order valence-electron chi connectivity index (χ2n) is 4.56. The minimum atomic E-state index is -0.0945. The van der Waals surface area contributed by atoms with Crippen LogP contribution in [-0.2, 0) is 19.4 Å². The van der Waals surface area contributed by atoms with Crippen molar-refractivity contribution in [2.45, 2.75) is 40.2 Å². The Labute approximate surface area is 126 Å². The maximum absolute atomic E-state index is 12.3. The highest BCUT2D eigenvalue weighted by Crippen LogP contribution is 2.23. The Hall–Kier alpha value is -1.56. The maximum Gasteiger partial charge on any atom is 0.205 e. The Balaban J connectivity index is 2.27. The van der Waals surface area contributed by atoms with Gasteiger partial charge in [-0.3, -0.25) is 9.48 Å². The molecule has 0 N–H and O–H groups in total. The average molecular weight is 337 g/mol. The number of nitrogens with zero attached hydrogens (tertiary/aromatic N) is 4. The number of hydrogen-bond acceptors (Lipinski definition) is 4. The van der Waals surface area contributed by atoms with Gasteiger partial charge in [-0.2, -0.15) is 5.10 Å². The topological polar surface area (TPSA) is 60.7 Å². The molecule has 0 fully saturated rings. The lowest BCUT2D eigenvalue weighted by Gasteiger charge is -2.04. The van der Waals surface area contributed by atoms with Gasteiger partial charge in [0, 0.05) is 18.9 Å². The number of carbonyl (C=O) groups excluding carboxylic acids is 1. The molecule has 2 aromatic heterocycles. The maximum atomic E-state index is 12.3. The van der Waals surface area contributed by atoms with E-state index in [0.717, 1.165) is 34.4 Å². The monoisotopic (exact) mass is 336 g/mol. The van der Waals surface area contributed by atoms with E-state index < -0.39 is 0 Å². The molecular weight excluding hydrogens is 320 g/mol. The highest BCUT2D eigenvalue weighted by Gasteiger charge is 2.19. The number of carbonyl (C=O) groups is 1. The second-order valence-corrected chi connectivity index (χ2v) is 5.35. The molecule has 2 heterocycles. The molecule has 0 unspecified atom stereocenters. The van der Waals surface area contributed by atoms with Crippen LogP contribution in [0, 0.1) is 6.92 Å². The molecule has 0 aliphatic carbocycles. The van der Waals surface area contributed by atoms with Gasteiger partial charge >= 0.3 is 0 Å². The number of halogens is 1. The summed E-state index contributed by atoms with van der Waals surface area (Å²) in [7, 11) is 0. The zero-order valence-electron chi connectivity index (χ0n) is 11.9. The lowest BCUT2D eigenvalue weighted by Crippen LogP contribution is -2.13. The molecule has 0 radical (unpaired) electrons. The van der Waals surface area contributed by atoms with E-state index >= 15 is 0 Å². The van der Waals surface area contributed by atoms with E-state index in [9.17, 15) is 4.79 Å². The summed E-state index contributed by atoms with van der Waals surface area (Å²) in [6, 6.07) is 0. The zero-order valence-corrected chi connectivity index (χ0v) is 13.4. The van der Waals surface area contributed by atoms with Gasteiger partial charge in [0.05, 0.1) is 22.3 Å². The van der Waals surface area contributed by atoms with Gasteiger partial charge in [0.2, 0.25) is 5.78 Å². The lowest BCUT2D eigenvalue weighted by atomic mass is 10.2. The summed E-state index contributed by atoms with van der Waals surface area (Å²) in [5.74, 6) is 0.160. The molecule has 6 heteroatoms. The van der Waals surface area contributed by atoms with Gasteiger partial charge in [0.1, 0.15) is 0 Å². The molecule has 0 aliphatic heterocycles. The number of rotatable bonds is 5. The fourth-order valence-electron chi connectivity index (χ4n) is 1.95. The summed E-state index contributed by atoms with van der Waals surface area (Å²) in [5.41, 5.74) is 2.80. The van der Waals surface area contributed by atoms with Crippen molar-refractivity contribution in [2.75, 3.05) is 0 Å². The minimum absolute atomic E-state index is 0.0945. The van der Waals surface area contributed by atoms with Crippen LogP contribution in [0.1, 0.15) is 41.4 Å². The molecule has 0 spiro atoms. The van der Waals surface area contributed by atoms with E-state index in [1.807, 2.05) is 25.5 Å². The van der Waals surface area contributed by atoms with Gasteiger partial charge in [-0.1, -0.05) is 6.92 Å². The molecule has 0 aromatic carbocycles. The average Bonchev–Trinajstić information content (AvgIpc) is 2.76. The number of ketones is 1. The van der Waals surface area contributed by atoms with E-state index in [2.05, 4.69) is 31.0 Å². The first-order valence-corrected chi connectivity index (χ1v) is 7.42. The van der Waals surface area contributed by atoms with Crippen LogP contribution in [0.5, 0.6) is 0 Å². The van der Waals surface area contributed by atoms with Gasteiger partial charge in [-0.25, -0.2) is 9.97 Å². The molecule has 0 bridgehead atoms. The van der Waals surface area contributed by atoms with Crippen LogP contribution in [-0.4, -0.2) is 25.5 Å². The molecule has 106 valence electrons. The largest absolute Gasteiger partial charge is 0.290 e. The van der Waals surface area contributed by atoms with Crippen molar-refractivity contribution < 1.29 is 4.79 Å². The molecule has 20 heavy (non-hydrogen) atoms. The van der Waals surface area contributed by atoms with E-state index in [0.29, 0.717) is 0 Å². The Morgan fingerprint density at radius 2 is 1.95 bits per heavy atom. The van der Waals surface area contributed by atoms with E-state index in [1.54, 1.807) is 12.4 Å². The third-order valence-corrected chi connectivity index (χ3v) is 3.97. The van der Waals surface area contributed by atoms with Crippen molar-refractivity contribution in [2.24, 2.45) is 0 Å². The van der Waals surface area contributed by atoms with Crippen molar-refractivity contribution in [3.05, 3.63) is 39.6 Å². The first-order chi connectivity index (χ1) is 9.56. The molecule has 0 atom stereocenters. The van der Waals surface area contributed by atoms with E-state index in [4.69, 9.17) is 0 Å². The number of aromatic nitrogens is 4. The van der Waals surface area contributed by atoms with E-state index in [1.165, 1.54) is 0 Å². The van der Waals surface area contributed by atoms with Crippen LogP contribution in [0.2, 0.25) is 0 Å². The summed E-state index contributed by atoms with van der Waals surface area (Å²) in [6.07, 6.45) is 4.40. The zero-order chi connectivity index (χ0) is 14.7. The van der Waals surface area contributed by atoms with Crippen LogP contribution in [0.4, 0.5) is 0 Å². The number of aryl methyl sites for hydroxylation is 3. The van der Waals surface area contributed by atoms with Crippen LogP contribution in [0.25, 0.3) is 0 Å². The molecule has 2 rings (SSSR count). The van der Waals surface area contributed by atoms with Gasteiger partial charge in [-0.05, 0) is 41.8 Å². The van der Waals surface area contributed by atoms with Crippen LogP contribution in [0.3, 0.4) is 0 Å².